The highest BCUT2D eigenvalue weighted by Crippen LogP contribution is 2.37. The van der Waals surface area contributed by atoms with Gasteiger partial charge >= 0.3 is 11.9 Å². The summed E-state index contributed by atoms with van der Waals surface area (Å²) in [6.45, 7) is 4.76. The van der Waals surface area contributed by atoms with E-state index in [9.17, 15) is 14.4 Å². The zero-order valence-corrected chi connectivity index (χ0v) is 11.8. The van der Waals surface area contributed by atoms with Crippen LogP contribution in [0.1, 0.15) is 25.0 Å². The van der Waals surface area contributed by atoms with Crippen molar-refractivity contribution in [1.29, 1.82) is 0 Å². The maximum Gasteiger partial charge on any atom is 0.349 e. The number of anilines is 1. The lowest BCUT2D eigenvalue weighted by molar-refractivity contribution is -0.222. The molecule has 1 amide bonds. The average Bonchev–Trinajstić information content (AvgIpc) is 2.64. The minimum Gasteiger partial charge on any atom is -0.419 e. The molecule has 1 N–H and O–H groups in total. The molecule has 108 valence electrons. The highest BCUT2D eigenvalue weighted by Gasteiger charge is 2.44. The van der Waals surface area contributed by atoms with Crippen molar-refractivity contribution in [2.75, 3.05) is 5.32 Å². The first-order valence-electron chi connectivity index (χ1n) is 6.42. The number of benzene rings is 1. The molecule has 3 rings (SSSR count). The summed E-state index contributed by atoms with van der Waals surface area (Å²) < 4.78 is 10.1. The van der Waals surface area contributed by atoms with Crippen molar-refractivity contribution in [2.24, 2.45) is 0 Å². The second-order valence-corrected chi connectivity index (χ2v) is 5.43. The number of esters is 2. The Bertz CT molecular complexity index is 708. The number of rotatable bonds is 0. The topological polar surface area (TPSA) is 81.7 Å². The molecular weight excluding hydrogens is 274 g/mol. The maximum absolute atomic E-state index is 12.1. The molecule has 0 unspecified atom stereocenters. The minimum absolute atomic E-state index is 0.000741. The second-order valence-electron chi connectivity index (χ2n) is 5.43. The van der Waals surface area contributed by atoms with Crippen molar-refractivity contribution >= 4 is 29.1 Å². The fraction of sp³-hybridized carbons (Fsp3) is 0.267. The lowest BCUT2D eigenvalue weighted by Gasteiger charge is -2.30. The summed E-state index contributed by atoms with van der Waals surface area (Å²) in [5.41, 5.74) is 1.60. The van der Waals surface area contributed by atoms with Gasteiger partial charge in [-0.15, -0.1) is 0 Å². The molecule has 0 bridgehead atoms. The summed E-state index contributed by atoms with van der Waals surface area (Å²) in [4.78, 5) is 36.3. The third-order valence-electron chi connectivity index (χ3n) is 3.25. The van der Waals surface area contributed by atoms with E-state index in [1.54, 1.807) is 12.1 Å². The lowest BCUT2D eigenvalue weighted by atomic mass is 9.99. The minimum atomic E-state index is -1.33. The van der Waals surface area contributed by atoms with Crippen molar-refractivity contribution in [2.45, 2.75) is 26.6 Å². The summed E-state index contributed by atoms with van der Waals surface area (Å²) in [5, 5.41) is 2.62. The van der Waals surface area contributed by atoms with Gasteiger partial charge in [0, 0.05) is 25.1 Å². The molecule has 6 nitrogen and oxygen atoms in total. The van der Waals surface area contributed by atoms with Gasteiger partial charge < -0.3 is 14.8 Å². The third kappa shape index (κ3) is 2.08. The van der Waals surface area contributed by atoms with Crippen LogP contribution in [-0.4, -0.2) is 23.6 Å². The van der Waals surface area contributed by atoms with Gasteiger partial charge in [0.2, 0.25) is 0 Å². The van der Waals surface area contributed by atoms with Gasteiger partial charge in [0.15, 0.2) is 5.57 Å². The molecule has 0 saturated carbocycles. The normalized spacial score (nSPS) is 19.9. The zero-order chi connectivity index (χ0) is 15.4. The Kier molecular flexibility index (Phi) is 2.66. The molecule has 0 aromatic heterocycles. The molecule has 0 aliphatic carbocycles. The monoisotopic (exact) mass is 287 g/mol. The van der Waals surface area contributed by atoms with Crippen LogP contribution in [-0.2, 0) is 23.9 Å². The number of cyclic esters (lactones) is 2. The second kappa shape index (κ2) is 4.18. The fourth-order valence-electron chi connectivity index (χ4n) is 2.39. The average molecular weight is 287 g/mol. The van der Waals surface area contributed by atoms with E-state index >= 15 is 0 Å². The highest BCUT2D eigenvalue weighted by molar-refractivity contribution is 6.40. The number of amides is 1. The van der Waals surface area contributed by atoms with Crippen LogP contribution in [0.4, 0.5) is 5.69 Å². The Hall–Kier alpha value is -2.63. The van der Waals surface area contributed by atoms with Crippen LogP contribution >= 0.6 is 0 Å². The van der Waals surface area contributed by atoms with Crippen molar-refractivity contribution in [3.05, 3.63) is 34.9 Å². The molecule has 0 radical (unpaired) electrons. The predicted molar refractivity (Wildman–Crippen MR) is 73.0 cm³/mol. The summed E-state index contributed by atoms with van der Waals surface area (Å²) in [6.07, 6.45) is 0. The Labute approximate surface area is 120 Å². The molecule has 21 heavy (non-hydrogen) atoms. The van der Waals surface area contributed by atoms with Gasteiger partial charge in [-0.2, -0.15) is 0 Å². The standard InChI is InChI=1S/C15H13NO5/c1-7-4-5-9-8(6-7)10(12(17)16-9)11-13(18)20-15(2,3)21-14(11)19/h4-6H,1-3H3,(H,16,17). The fourth-order valence-corrected chi connectivity index (χ4v) is 2.39. The van der Waals surface area contributed by atoms with E-state index in [1.807, 2.05) is 13.0 Å². The van der Waals surface area contributed by atoms with E-state index in [0.717, 1.165) is 5.56 Å². The highest BCUT2D eigenvalue weighted by atomic mass is 16.7. The zero-order valence-electron chi connectivity index (χ0n) is 11.8. The van der Waals surface area contributed by atoms with Gasteiger partial charge in [-0.1, -0.05) is 11.6 Å². The molecule has 1 fully saturated rings. The number of carbonyl (C=O) groups excluding carboxylic acids is 3. The molecule has 1 aromatic carbocycles. The number of carbonyl (C=O) groups is 3. The molecule has 1 aromatic rings. The molecule has 2 aliphatic rings. The molecule has 0 spiro atoms. The first kappa shape index (κ1) is 13.4. The van der Waals surface area contributed by atoms with E-state index in [-0.39, 0.29) is 11.1 Å². The Balaban J connectivity index is 2.20. The van der Waals surface area contributed by atoms with Gasteiger partial charge in [-0.25, -0.2) is 9.59 Å². The summed E-state index contributed by atoms with van der Waals surface area (Å²) in [7, 11) is 0. The summed E-state index contributed by atoms with van der Waals surface area (Å²) in [5.74, 6) is -3.55. The smallest absolute Gasteiger partial charge is 0.349 e. The van der Waals surface area contributed by atoms with Crippen LogP contribution < -0.4 is 5.32 Å². The Morgan fingerprint density at radius 1 is 1.00 bits per heavy atom. The number of ether oxygens (including phenoxy) is 2. The van der Waals surface area contributed by atoms with Crippen LogP contribution in [0.2, 0.25) is 0 Å². The van der Waals surface area contributed by atoms with Crippen LogP contribution in [0, 0.1) is 6.92 Å². The van der Waals surface area contributed by atoms with E-state index < -0.39 is 23.6 Å². The summed E-state index contributed by atoms with van der Waals surface area (Å²) >= 11 is 0. The molecule has 2 aliphatic heterocycles. The molecule has 2 heterocycles. The summed E-state index contributed by atoms with van der Waals surface area (Å²) in [6, 6.07) is 5.28. The Morgan fingerprint density at radius 2 is 1.62 bits per heavy atom. The van der Waals surface area contributed by atoms with E-state index in [2.05, 4.69) is 5.32 Å². The van der Waals surface area contributed by atoms with Gasteiger partial charge in [0.1, 0.15) is 0 Å². The van der Waals surface area contributed by atoms with Gasteiger partial charge in [-0.3, -0.25) is 4.79 Å². The number of nitrogens with one attached hydrogen (secondary N) is 1. The number of aryl methyl sites for hydroxylation is 1. The SMILES string of the molecule is Cc1ccc2c(c1)C(=C1C(=O)OC(C)(C)OC1=O)C(=O)N2. The van der Waals surface area contributed by atoms with Crippen molar-refractivity contribution in [3.8, 4) is 0 Å². The first-order valence-corrected chi connectivity index (χ1v) is 6.42. The number of fused-ring (bicyclic) bond motifs is 1. The van der Waals surface area contributed by atoms with E-state index in [4.69, 9.17) is 9.47 Å². The quantitative estimate of drug-likeness (QED) is 0.444. The van der Waals surface area contributed by atoms with Crippen LogP contribution in [0.25, 0.3) is 5.57 Å². The lowest BCUT2D eigenvalue weighted by Crippen LogP contribution is -2.42. The third-order valence-corrected chi connectivity index (χ3v) is 3.25. The van der Waals surface area contributed by atoms with Crippen LogP contribution in [0.3, 0.4) is 0 Å². The van der Waals surface area contributed by atoms with Gasteiger partial charge in [-0.05, 0) is 19.1 Å². The van der Waals surface area contributed by atoms with Crippen LogP contribution in [0.5, 0.6) is 0 Å². The molecule has 0 atom stereocenters. The largest absolute Gasteiger partial charge is 0.419 e. The maximum atomic E-state index is 12.1. The first-order chi connectivity index (χ1) is 9.78. The van der Waals surface area contributed by atoms with Crippen LogP contribution in [0.15, 0.2) is 23.8 Å². The van der Waals surface area contributed by atoms with Gasteiger partial charge in [0.25, 0.3) is 11.7 Å². The number of hydrogen-bond donors (Lipinski definition) is 1. The van der Waals surface area contributed by atoms with E-state index in [1.165, 1.54) is 13.8 Å². The molecular formula is C15H13NO5. The van der Waals surface area contributed by atoms with Crippen molar-refractivity contribution in [1.82, 2.24) is 0 Å². The Morgan fingerprint density at radius 3 is 2.24 bits per heavy atom. The van der Waals surface area contributed by atoms with E-state index in [0.29, 0.717) is 11.3 Å². The van der Waals surface area contributed by atoms with Gasteiger partial charge in [0.05, 0.1) is 5.57 Å². The number of hydrogen-bond acceptors (Lipinski definition) is 5. The van der Waals surface area contributed by atoms with Crippen molar-refractivity contribution in [3.63, 3.8) is 0 Å². The molecule has 6 heteroatoms. The predicted octanol–water partition coefficient (Wildman–Crippen LogP) is 1.54. The molecule has 1 saturated heterocycles. The van der Waals surface area contributed by atoms with Crippen molar-refractivity contribution < 1.29 is 23.9 Å².